The Bertz CT molecular complexity index is 206. The molecule has 1 rings (SSSR count). The summed E-state index contributed by atoms with van der Waals surface area (Å²) in [5.41, 5.74) is 0. The number of alkyl halides is 1. The average molecular weight is 231 g/mol. The highest BCUT2D eigenvalue weighted by molar-refractivity contribution is 7.09. The lowest BCUT2D eigenvalue weighted by Crippen LogP contribution is -1.83. The van der Waals surface area contributed by atoms with Gasteiger partial charge in [0.25, 0.3) is 0 Å². The normalized spacial score (nSPS) is 10.6. The van der Waals surface area contributed by atoms with E-state index in [0.717, 1.165) is 5.88 Å². The van der Waals surface area contributed by atoms with Gasteiger partial charge in [-0.05, 0) is 30.7 Å². The highest BCUT2D eigenvalue weighted by Gasteiger charge is 1.94. The molecule has 0 saturated heterocycles. The SMILES string of the molecule is ClCCCCCCCCc1cccs1. The Morgan fingerprint density at radius 2 is 1.71 bits per heavy atom. The van der Waals surface area contributed by atoms with Crippen molar-refractivity contribution in [2.45, 2.75) is 44.9 Å². The Morgan fingerprint density at radius 1 is 1.00 bits per heavy atom. The zero-order valence-electron chi connectivity index (χ0n) is 8.68. The lowest BCUT2D eigenvalue weighted by Gasteiger charge is -1.99. The monoisotopic (exact) mass is 230 g/mol. The molecule has 1 aromatic heterocycles. The molecule has 0 fully saturated rings. The van der Waals surface area contributed by atoms with Crippen LogP contribution in [0.3, 0.4) is 0 Å². The lowest BCUT2D eigenvalue weighted by molar-refractivity contribution is 0.610. The van der Waals surface area contributed by atoms with Crippen molar-refractivity contribution in [3.05, 3.63) is 22.4 Å². The van der Waals surface area contributed by atoms with E-state index in [0.29, 0.717) is 0 Å². The van der Waals surface area contributed by atoms with E-state index >= 15 is 0 Å². The van der Waals surface area contributed by atoms with Gasteiger partial charge in [-0.25, -0.2) is 0 Å². The van der Waals surface area contributed by atoms with Crippen molar-refractivity contribution in [2.24, 2.45) is 0 Å². The number of hydrogen-bond acceptors (Lipinski definition) is 1. The van der Waals surface area contributed by atoms with Crippen molar-refractivity contribution < 1.29 is 0 Å². The molecule has 0 atom stereocenters. The number of rotatable bonds is 8. The summed E-state index contributed by atoms with van der Waals surface area (Å²) in [5.74, 6) is 0.829. The Morgan fingerprint density at radius 3 is 2.36 bits per heavy atom. The molecular formula is C12H19ClS. The third-order valence-electron chi connectivity index (χ3n) is 2.39. The Balaban J connectivity index is 1.85. The molecule has 0 aliphatic rings. The highest BCUT2D eigenvalue weighted by Crippen LogP contribution is 2.14. The van der Waals surface area contributed by atoms with E-state index in [-0.39, 0.29) is 0 Å². The van der Waals surface area contributed by atoms with Gasteiger partial charge in [0.15, 0.2) is 0 Å². The van der Waals surface area contributed by atoms with Crippen LogP contribution in [0.1, 0.15) is 43.4 Å². The second-order valence-electron chi connectivity index (χ2n) is 3.64. The maximum atomic E-state index is 5.61. The van der Waals surface area contributed by atoms with Crippen LogP contribution in [0.2, 0.25) is 0 Å². The van der Waals surface area contributed by atoms with Crippen molar-refractivity contribution in [2.75, 3.05) is 5.88 Å². The van der Waals surface area contributed by atoms with Gasteiger partial charge in [0.1, 0.15) is 0 Å². The van der Waals surface area contributed by atoms with E-state index < -0.39 is 0 Å². The Labute approximate surface area is 96.3 Å². The minimum Gasteiger partial charge on any atom is -0.149 e. The zero-order valence-corrected chi connectivity index (χ0v) is 10.2. The summed E-state index contributed by atoms with van der Waals surface area (Å²) in [7, 11) is 0. The summed E-state index contributed by atoms with van der Waals surface area (Å²) in [6.45, 7) is 0. The average Bonchev–Trinajstić information content (AvgIpc) is 2.69. The fourth-order valence-electron chi connectivity index (χ4n) is 1.56. The fourth-order valence-corrected chi connectivity index (χ4v) is 2.50. The predicted octanol–water partition coefficient (Wildman–Crippen LogP) is 4.87. The Kier molecular flexibility index (Phi) is 7.16. The second kappa shape index (κ2) is 8.31. The molecule has 0 saturated carbocycles. The molecule has 0 bridgehead atoms. The minimum absolute atomic E-state index is 0.829. The van der Waals surface area contributed by atoms with E-state index in [1.165, 1.54) is 49.8 Å². The van der Waals surface area contributed by atoms with Crippen LogP contribution in [0.4, 0.5) is 0 Å². The maximum Gasteiger partial charge on any atom is 0.0223 e. The molecule has 0 aromatic carbocycles. The molecule has 0 amide bonds. The van der Waals surface area contributed by atoms with Gasteiger partial charge in [-0.3, -0.25) is 0 Å². The molecule has 1 heterocycles. The van der Waals surface area contributed by atoms with Crippen molar-refractivity contribution in [1.29, 1.82) is 0 Å². The number of thiophene rings is 1. The minimum atomic E-state index is 0.829. The highest BCUT2D eigenvalue weighted by atomic mass is 35.5. The van der Waals surface area contributed by atoms with Gasteiger partial charge >= 0.3 is 0 Å². The molecule has 0 nitrogen and oxygen atoms in total. The molecule has 0 aliphatic carbocycles. The summed E-state index contributed by atoms with van der Waals surface area (Å²) in [6.07, 6.45) is 9.23. The van der Waals surface area contributed by atoms with Crippen LogP contribution in [0.5, 0.6) is 0 Å². The maximum absolute atomic E-state index is 5.61. The third-order valence-corrected chi connectivity index (χ3v) is 3.59. The van der Waals surface area contributed by atoms with Gasteiger partial charge in [-0.15, -0.1) is 22.9 Å². The second-order valence-corrected chi connectivity index (χ2v) is 5.05. The molecule has 0 radical (unpaired) electrons. The number of unbranched alkanes of at least 4 members (excludes halogenated alkanes) is 5. The number of halogens is 1. The van der Waals surface area contributed by atoms with Crippen molar-refractivity contribution in [3.8, 4) is 0 Å². The molecule has 2 heteroatoms. The van der Waals surface area contributed by atoms with E-state index in [1.807, 2.05) is 11.3 Å². The summed E-state index contributed by atoms with van der Waals surface area (Å²) in [4.78, 5) is 1.53. The van der Waals surface area contributed by atoms with Crippen LogP contribution in [0.25, 0.3) is 0 Å². The predicted molar refractivity (Wildman–Crippen MR) is 66.4 cm³/mol. The molecule has 14 heavy (non-hydrogen) atoms. The summed E-state index contributed by atoms with van der Waals surface area (Å²) in [6, 6.07) is 4.37. The topological polar surface area (TPSA) is 0 Å². The summed E-state index contributed by atoms with van der Waals surface area (Å²) in [5, 5.41) is 2.16. The molecular weight excluding hydrogens is 212 g/mol. The first kappa shape index (κ1) is 12.1. The van der Waals surface area contributed by atoms with Gasteiger partial charge < -0.3 is 0 Å². The number of aryl methyl sites for hydroxylation is 1. The van der Waals surface area contributed by atoms with Crippen LogP contribution in [-0.2, 0) is 6.42 Å². The lowest BCUT2D eigenvalue weighted by atomic mass is 10.1. The van der Waals surface area contributed by atoms with Crippen LogP contribution in [-0.4, -0.2) is 5.88 Å². The first-order chi connectivity index (χ1) is 6.93. The van der Waals surface area contributed by atoms with Crippen LogP contribution >= 0.6 is 22.9 Å². The van der Waals surface area contributed by atoms with E-state index in [9.17, 15) is 0 Å². The molecule has 0 N–H and O–H groups in total. The van der Waals surface area contributed by atoms with Crippen molar-refractivity contribution in [1.82, 2.24) is 0 Å². The smallest absolute Gasteiger partial charge is 0.0223 e. The van der Waals surface area contributed by atoms with Gasteiger partial charge in [-0.2, -0.15) is 0 Å². The van der Waals surface area contributed by atoms with Gasteiger partial charge in [-0.1, -0.05) is 31.7 Å². The summed E-state index contributed by atoms with van der Waals surface area (Å²) >= 11 is 7.49. The molecule has 0 spiro atoms. The van der Waals surface area contributed by atoms with Gasteiger partial charge in [0.2, 0.25) is 0 Å². The fraction of sp³-hybridized carbons (Fsp3) is 0.667. The largest absolute Gasteiger partial charge is 0.149 e. The first-order valence-electron chi connectivity index (χ1n) is 5.52. The molecule has 1 aromatic rings. The first-order valence-corrected chi connectivity index (χ1v) is 6.93. The van der Waals surface area contributed by atoms with E-state index in [2.05, 4.69) is 17.5 Å². The molecule has 0 aliphatic heterocycles. The Hall–Kier alpha value is -0.0100. The number of hydrogen-bond donors (Lipinski definition) is 0. The molecule has 0 unspecified atom stereocenters. The molecule has 80 valence electrons. The third kappa shape index (κ3) is 5.66. The van der Waals surface area contributed by atoms with E-state index in [1.54, 1.807) is 0 Å². The standard InChI is InChI=1S/C12H19ClS/c13-10-6-4-2-1-3-5-8-12-9-7-11-14-12/h7,9,11H,1-6,8,10H2. The van der Waals surface area contributed by atoms with Crippen molar-refractivity contribution >= 4 is 22.9 Å². The van der Waals surface area contributed by atoms with Crippen LogP contribution in [0.15, 0.2) is 17.5 Å². The van der Waals surface area contributed by atoms with Crippen LogP contribution in [0, 0.1) is 0 Å². The summed E-state index contributed by atoms with van der Waals surface area (Å²) < 4.78 is 0. The zero-order chi connectivity index (χ0) is 10.1. The van der Waals surface area contributed by atoms with Gasteiger partial charge in [0.05, 0.1) is 0 Å². The van der Waals surface area contributed by atoms with Crippen LogP contribution < -0.4 is 0 Å². The van der Waals surface area contributed by atoms with Crippen molar-refractivity contribution in [3.63, 3.8) is 0 Å². The quantitative estimate of drug-likeness (QED) is 0.442. The van der Waals surface area contributed by atoms with Gasteiger partial charge in [0, 0.05) is 10.8 Å². The van der Waals surface area contributed by atoms with E-state index in [4.69, 9.17) is 11.6 Å².